The summed E-state index contributed by atoms with van der Waals surface area (Å²) in [5.74, 6) is 0.448. The summed E-state index contributed by atoms with van der Waals surface area (Å²) in [5.41, 5.74) is -0.672. The molecule has 0 radical (unpaired) electrons. The van der Waals surface area contributed by atoms with Crippen molar-refractivity contribution in [2.75, 3.05) is 0 Å². The first-order valence-corrected chi connectivity index (χ1v) is 6.71. The lowest BCUT2D eigenvalue weighted by Crippen LogP contribution is -2.30. The van der Waals surface area contributed by atoms with Crippen molar-refractivity contribution in [3.8, 4) is 0 Å². The van der Waals surface area contributed by atoms with Crippen LogP contribution in [0.15, 0.2) is 4.52 Å². The van der Waals surface area contributed by atoms with Gasteiger partial charge in [0.25, 0.3) is 0 Å². The number of aromatic nitrogens is 2. The summed E-state index contributed by atoms with van der Waals surface area (Å²) in [4.78, 5) is 15.7. The van der Waals surface area contributed by atoms with Gasteiger partial charge < -0.3 is 9.63 Å². The molecule has 1 aromatic heterocycles. The van der Waals surface area contributed by atoms with E-state index in [2.05, 4.69) is 17.1 Å². The van der Waals surface area contributed by atoms with Crippen molar-refractivity contribution >= 4 is 5.97 Å². The Labute approximate surface area is 107 Å². The van der Waals surface area contributed by atoms with Gasteiger partial charge >= 0.3 is 5.97 Å². The van der Waals surface area contributed by atoms with Gasteiger partial charge in [-0.2, -0.15) is 4.98 Å². The Morgan fingerprint density at radius 3 is 2.78 bits per heavy atom. The first kappa shape index (κ1) is 13.1. The van der Waals surface area contributed by atoms with Crippen LogP contribution in [0.25, 0.3) is 0 Å². The number of nitrogens with zero attached hydrogens (tertiary/aromatic N) is 2. The molecule has 0 bridgehead atoms. The average Bonchev–Trinajstić information content (AvgIpc) is 2.97. The Hall–Kier alpha value is -1.39. The van der Waals surface area contributed by atoms with Crippen LogP contribution in [0, 0.1) is 5.41 Å². The van der Waals surface area contributed by atoms with E-state index in [1.165, 1.54) is 0 Å². The Morgan fingerprint density at radius 1 is 1.44 bits per heavy atom. The van der Waals surface area contributed by atoms with Crippen LogP contribution in [0.4, 0.5) is 0 Å². The van der Waals surface area contributed by atoms with Gasteiger partial charge in [0.1, 0.15) is 0 Å². The van der Waals surface area contributed by atoms with Crippen LogP contribution in [0.2, 0.25) is 0 Å². The maximum Gasteiger partial charge on any atom is 0.310 e. The zero-order valence-electron chi connectivity index (χ0n) is 10.8. The van der Waals surface area contributed by atoms with Gasteiger partial charge in [-0.1, -0.05) is 31.3 Å². The van der Waals surface area contributed by atoms with Gasteiger partial charge in [-0.15, -0.1) is 0 Å². The third-order valence-electron chi connectivity index (χ3n) is 3.77. The molecule has 0 aliphatic heterocycles. The molecule has 18 heavy (non-hydrogen) atoms. The second-order valence-electron chi connectivity index (χ2n) is 5.18. The predicted molar refractivity (Wildman–Crippen MR) is 65.2 cm³/mol. The highest BCUT2D eigenvalue weighted by atomic mass is 16.5. The number of hydrogen-bond donors (Lipinski definition) is 1. The number of carboxylic acid groups (broad SMARTS) is 1. The molecule has 0 aromatic carbocycles. The Bertz CT molecular complexity index is 408. The normalized spacial score (nSPS) is 18.1. The van der Waals surface area contributed by atoms with Crippen molar-refractivity contribution < 1.29 is 14.4 Å². The summed E-state index contributed by atoms with van der Waals surface area (Å²) in [5, 5.41) is 13.3. The second kappa shape index (κ2) is 5.50. The third-order valence-corrected chi connectivity index (χ3v) is 3.77. The monoisotopic (exact) mass is 252 g/mol. The first-order chi connectivity index (χ1) is 8.66. The van der Waals surface area contributed by atoms with Gasteiger partial charge in [-0.05, 0) is 19.3 Å². The number of carboxylic acids is 1. The van der Waals surface area contributed by atoms with Crippen LogP contribution >= 0.6 is 0 Å². The molecular weight excluding hydrogens is 232 g/mol. The van der Waals surface area contributed by atoms with E-state index in [0.717, 1.165) is 44.9 Å². The maximum atomic E-state index is 11.4. The van der Waals surface area contributed by atoms with Crippen molar-refractivity contribution in [3.63, 3.8) is 0 Å². The molecular formula is C13H20N2O3. The Kier molecular flexibility index (Phi) is 3.99. The van der Waals surface area contributed by atoms with Crippen LogP contribution in [-0.4, -0.2) is 21.2 Å². The molecule has 2 rings (SSSR count). The van der Waals surface area contributed by atoms with Crippen LogP contribution in [0.5, 0.6) is 0 Å². The van der Waals surface area contributed by atoms with Gasteiger partial charge in [0.15, 0.2) is 5.82 Å². The zero-order chi connectivity index (χ0) is 13.0. The number of hydrogen-bond acceptors (Lipinski definition) is 4. The van der Waals surface area contributed by atoms with E-state index in [-0.39, 0.29) is 0 Å². The molecule has 100 valence electrons. The lowest BCUT2D eigenvalue weighted by atomic mass is 9.83. The summed E-state index contributed by atoms with van der Waals surface area (Å²) in [6, 6.07) is 0. The van der Waals surface area contributed by atoms with Gasteiger partial charge in [0.2, 0.25) is 5.89 Å². The van der Waals surface area contributed by atoms with E-state index in [1.54, 1.807) is 0 Å². The maximum absolute atomic E-state index is 11.4. The predicted octanol–water partition coefficient (Wildman–Crippen LogP) is 2.60. The van der Waals surface area contributed by atoms with E-state index < -0.39 is 11.4 Å². The first-order valence-electron chi connectivity index (χ1n) is 6.71. The number of unbranched alkanes of at least 4 members (excludes halogenated alkanes) is 1. The van der Waals surface area contributed by atoms with Crippen molar-refractivity contribution in [3.05, 3.63) is 11.7 Å². The molecule has 0 saturated heterocycles. The van der Waals surface area contributed by atoms with Crippen molar-refractivity contribution in [1.82, 2.24) is 10.1 Å². The summed E-state index contributed by atoms with van der Waals surface area (Å²) >= 11 is 0. The standard InChI is InChI=1S/C13H20N2O3/c1-2-3-6-10-14-11(18-15-10)9-13(12(16)17)7-4-5-8-13/h2-9H2,1H3,(H,16,17). The molecule has 1 aromatic rings. The topological polar surface area (TPSA) is 76.2 Å². The van der Waals surface area contributed by atoms with Crippen LogP contribution in [0.1, 0.15) is 57.2 Å². The van der Waals surface area contributed by atoms with Crippen molar-refractivity contribution in [1.29, 1.82) is 0 Å². The Balaban J connectivity index is 2.03. The van der Waals surface area contributed by atoms with Crippen molar-refractivity contribution in [2.24, 2.45) is 5.41 Å². The summed E-state index contributed by atoms with van der Waals surface area (Å²) in [6.07, 6.45) is 6.68. The van der Waals surface area contributed by atoms with E-state index in [1.807, 2.05) is 0 Å². The third kappa shape index (κ3) is 2.71. The average molecular weight is 252 g/mol. The molecule has 0 amide bonds. The Morgan fingerprint density at radius 2 is 2.17 bits per heavy atom. The summed E-state index contributed by atoms with van der Waals surface area (Å²) in [6.45, 7) is 2.11. The quantitative estimate of drug-likeness (QED) is 0.842. The van der Waals surface area contributed by atoms with E-state index in [0.29, 0.717) is 18.1 Å². The number of aliphatic carboxylic acids is 1. The van der Waals surface area contributed by atoms with Gasteiger partial charge in [0.05, 0.1) is 5.41 Å². The molecule has 0 spiro atoms. The highest BCUT2D eigenvalue weighted by Crippen LogP contribution is 2.40. The van der Waals surface area contributed by atoms with E-state index in [4.69, 9.17) is 4.52 Å². The lowest BCUT2D eigenvalue weighted by molar-refractivity contribution is -0.148. The second-order valence-corrected chi connectivity index (χ2v) is 5.18. The SMILES string of the molecule is CCCCc1noc(CC2(C(=O)O)CCCC2)n1. The van der Waals surface area contributed by atoms with E-state index in [9.17, 15) is 9.90 Å². The fourth-order valence-corrected chi connectivity index (χ4v) is 2.61. The molecule has 1 N–H and O–H groups in total. The smallest absolute Gasteiger partial charge is 0.310 e. The zero-order valence-corrected chi connectivity index (χ0v) is 10.8. The number of carbonyl (C=O) groups is 1. The van der Waals surface area contributed by atoms with Crippen LogP contribution < -0.4 is 0 Å². The lowest BCUT2D eigenvalue weighted by Gasteiger charge is -2.21. The minimum atomic E-state index is -0.728. The molecule has 1 fully saturated rings. The van der Waals surface area contributed by atoms with Gasteiger partial charge in [-0.25, -0.2) is 0 Å². The molecule has 1 saturated carbocycles. The molecule has 1 aliphatic rings. The van der Waals surface area contributed by atoms with Gasteiger partial charge in [0, 0.05) is 12.8 Å². The highest BCUT2D eigenvalue weighted by molar-refractivity contribution is 5.75. The molecule has 0 unspecified atom stereocenters. The minimum Gasteiger partial charge on any atom is -0.481 e. The van der Waals surface area contributed by atoms with Crippen LogP contribution in [-0.2, 0) is 17.6 Å². The van der Waals surface area contributed by atoms with E-state index >= 15 is 0 Å². The molecule has 0 atom stereocenters. The number of aryl methyl sites for hydroxylation is 1. The summed E-state index contributed by atoms with van der Waals surface area (Å²) < 4.78 is 5.17. The molecule has 5 nitrogen and oxygen atoms in total. The molecule has 5 heteroatoms. The molecule has 1 heterocycles. The minimum absolute atomic E-state index is 0.376. The fraction of sp³-hybridized carbons (Fsp3) is 0.769. The number of rotatable bonds is 6. The highest BCUT2D eigenvalue weighted by Gasteiger charge is 2.42. The van der Waals surface area contributed by atoms with Crippen molar-refractivity contribution in [2.45, 2.75) is 58.3 Å². The summed E-state index contributed by atoms with van der Waals surface area (Å²) in [7, 11) is 0. The molecule has 1 aliphatic carbocycles. The fourth-order valence-electron chi connectivity index (χ4n) is 2.61. The largest absolute Gasteiger partial charge is 0.481 e. The van der Waals surface area contributed by atoms with Crippen LogP contribution in [0.3, 0.4) is 0 Å². The van der Waals surface area contributed by atoms with Gasteiger partial charge in [-0.3, -0.25) is 4.79 Å².